The first-order valence-corrected chi connectivity index (χ1v) is 7.16. The maximum atomic E-state index is 9.26. The van der Waals surface area contributed by atoms with E-state index in [9.17, 15) is 5.11 Å². The summed E-state index contributed by atoms with van der Waals surface area (Å²) in [5.74, 6) is 1.71. The fourth-order valence-corrected chi connectivity index (χ4v) is 2.66. The van der Waals surface area contributed by atoms with Crippen molar-refractivity contribution in [3.05, 3.63) is 36.2 Å². The fraction of sp³-hybridized carbons (Fsp3) is 0.400. The van der Waals surface area contributed by atoms with Gasteiger partial charge < -0.3 is 0 Å². The molecule has 1 saturated heterocycles. The van der Waals surface area contributed by atoms with Crippen LogP contribution in [0.2, 0.25) is 0 Å². The zero-order chi connectivity index (χ0) is 14.7. The van der Waals surface area contributed by atoms with Gasteiger partial charge in [0.25, 0.3) is 0 Å². The first-order valence-electron chi connectivity index (χ1n) is 7.16. The molecule has 3 rings (SSSR count). The fourth-order valence-electron chi connectivity index (χ4n) is 2.66. The summed E-state index contributed by atoms with van der Waals surface area (Å²) >= 11 is 0. The van der Waals surface area contributed by atoms with E-state index in [1.807, 2.05) is 30.3 Å². The average Bonchev–Trinajstić information content (AvgIpc) is 2.97. The van der Waals surface area contributed by atoms with Gasteiger partial charge in [0.05, 0.1) is 0 Å². The summed E-state index contributed by atoms with van der Waals surface area (Å²) in [6.07, 6.45) is 2.70. The molecular weight excluding hydrogens is 265 g/mol. The Labute approximate surface area is 124 Å². The summed E-state index contributed by atoms with van der Waals surface area (Å²) in [6, 6.07) is 9.80. The second-order valence-electron chi connectivity index (χ2n) is 5.37. The predicted molar refractivity (Wildman–Crippen MR) is 80.4 cm³/mol. The average molecular weight is 282 g/mol. The van der Waals surface area contributed by atoms with Crippen molar-refractivity contribution in [2.45, 2.75) is 19.3 Å². The molecule has 1 aliphatic rings. The van der Waals surface area contributed by atoms with Crippen LogP contribution < -0.4 is 0 Å². The number of benzene rings is 1. The van der Waals surface area contributed by atoms with E-state index in [0.29, 0.717) is 17.6 Å². The van der Waals surface area contributed by atoms with E-state index in [1.165, 1.54) is 0 Å². The molecule has 0 unspecified atom stereocenters. The van der Waals surface area contributed by atoms with Crippen LogP contribution in [-0.4, -0.2) is 46.5 Å². The van der Waals surface area contributed by atoms with Gasteiger partial charge in [0.2, 0.25) is 0 Å². The first kappa shape index (κ1) is 13.9. The van der Waals surface area contributed by atoms with Gasteiger partial charge in [-0.3, -0.25) is 0 Å². The van der Waals surface area contributed by atoms with Crippen molar-refractivity contribution >= 4 is 13.3 Å². The van der Waals surface area contributed by atoms with Gasteiger partial charge in [-0.25, -0.2) is 0 Å². The number of piperidine rings is 1. The van der Waals surface area contributed by atoms with Gasteiger partial charge in [-0.1, -0.05) is 6.07 Å². The molecule has 6 heteroatoms. The predicted octanol–water partition coefficient (Wildman–Crippen LogP) is 1.62. The number of likely N-dealkylation sites (tertiary alicyclic amines) is 1. The Morgan fingerprint density at radius 2 is 2.00 bits per heavy atom. The van der Waals surface area contributed by atoms with Crippen molar-refractivity contribution < 1.29 is 9.63 Å². The number of aliphatic hydroxyl groups excluding tert-OH is 1. The standard InChI is InChI=1S/C15H17BN3O2/c16-15(20)19-8-6-11(7-9-19)10-13-17-14(18-21-13)12-4-2-1-3-5-12/h1-5,11,20H,6-10H2. The van der Waals surface area contributed by atoms with Crippen LogP contribution >= 0.6 is 0 Å². The molecule has 1 radical (unpaired) electrons. The monoisotopic (exact) mass is 282 g/mol. The second-order valence-corrected chi connectivity index (χ2v) is 5.37. The van der Waals surface area contributed by atoms with E-state index in [-0.39, 0.29) is 5.77 Å². The Hall–Kier alpha value is -2.11. The molecular formula is C15H17BN3O2. The molecule has 1 aromatic heterocycles. The van der Waals surface area contributed by atoms with Crippen LogP contribution in [-0.2, 0) is 6.42 Å². The van der Waals surface area contributed by atoms with Crippen LogP contribution in [0.15, 0.2) is 34.9 Å². The zero-order valence-corrected chi connectivity index (χ0v) is 11.8. The van der Waals surface area contributed by atoms with Gasteiger partial charge in [-0.2, -0.15) is 0 Å². The molecule has 0 atom stereocenters. The third-order valence-electron chi connectivity index (χ3n) is 3.90. The summed E-state index contributed by atoms with van der Waals surface area (Å²) < 4.78 is 5.34. The normalized spacial score (nSPS) is 16.0. The van der Waals surface area contributed by atoms with E-state index >= 15 is 0 Å². The summed E-state index contributed by atoms with van der Waals surface area (Å²) in [4.78, 5) is 6.25. The van der Waals surface area contributed by atoms with Gasteiger partial charge in [0.1, 0.15) is 0 Å². The number of hydrogen-bond acceptors (Lipinski definition) is 5. The Balaban J connectivity index is 1.60. The van der Waals surface area contributed by atoms with Crippen LogP contribution in [0.25, 0.3) is 11.4 Å². The minimum absolute atomic E-state index is 0.0856. The number of hydrogen-bond donors (Lipinski definition) is 1. The molecule has 2 aromatic rings. The molecule has 0 saturated carbocycles. The van der Waals surface area contributed by atoms with Gasteiger partial charge in [0.15, 0.2) is 0 Å². The van der Waals surface area contributed by atoms with Gasteiger partial charge >= 0.3 is 118 Å². The van der Waals surface area contributed by atoms with Crippen LogP contribution in [0.3, 0.4) is 0 Å². The molecule has 1 N–H and O–H groups in total. The topological polar surface area (TPSA) is 62.4 Å². The van der Waals surface area contributed by atoms with E-state index in [0.717, 1.165) is 37.9 Å². The number of aromatic nitrogens is 2. The molecule has 1 aromatic carbocycles. The summed E-state index contributed by atoms with van der Waals surface area (Å²) in [7, 11) is 5.39. The third kappa shape index (κ3) is 3.32. The molecule has 5 nitrogen and oxygen atoms in total. The Morgan fingerprint density at radius 3 is 2.67 bits per heavy atom. The molecule has 107 valence electrons. The molecule has 0 amide bonds. The Bertz CT molecular complexity index is 606. The molecule has 0 aliphatic carbocycles. The van der Waals surface area contributed by atoms with Crippen molar-refractivity contribution in [1.82, 2.24) is 15.0 Å². The third-order valence-corrected chi connectivity index (χ3v) is 3.90. The number of aliphatic hydroxyl groups is 1. The van der Waals surface area contributed by atoms with Crippen molar-refractivity contribution in [3.63, 3.8) is 0 Å². The Morgan fingerprint density at radius 1 is 1.29 bits per heavy atom. The van der Waals surface area contributed by atoms with E-state index in [4.69, 9.17) is 12.0 Å². The van der Waals surface area contributed by atoms with E-state index in [2.05, 4.69) is 10.1 Å². The number of rotatable bonds is 4. The second kappa shape index (κ2) is 6.12. The molecule has 1 fully saturated rings. The molecule has 0 spiro atoms. The van der Waals surface area contributed by atoms with Crippen molar-refractivity contribution in [2.75, 3.05) is 13.1 Å². The number of nitrogens with zero attached hydrogens (tertiary/aromatic N) is 3. The van der Waals surface area contributed by atoms with Gasteiger partial charge in [-0.15, -0.1) is 0 Å². The summed E-state index contributed by atoms with van der Waals surface area (Å²) in [5, 5.41) is 13.3. The molecule has 2 heterocycles. The summed E-state index contributed by atoms with van der Waals surface area (Å²) in [5.41, 5.74) is 0.963. The zero-order valence-electron chi connectivity index (χ0n) is 11.8. The minimum atomic E-state index is -0.0856. The van der Waals surface area contributed by atoms with Crippen molar-refractivity contribution in [3.8, 4) is 11.4 Å². The van der Waals surface area contributed by atoms with E-state index in [1.54, 1.807) is 4.90 Å². The molecule has 21 heavy (non-hydrogen) atoms. The van der Waals surface area contributed by atoms with Crippen molar-refractivity contribution in [1.29, 1.82) is 0 Å². The summed E-state index contributed by atoms with van der Waals surface area (Å²) in [6.45, 7) is 1.54. The molecule has 1 aliphatic heterocycles. The quantitative estimate of drug-likeness (QED) is 0.863. The van der Waals surface area contributed by atoms with Gasteiger partial charge in [-0.05, 0) is 0 Å². The Kier molecular flexibility index (Phi) is 4.04. The first-order chi connectivity index (χ1) is 10.2. The van der Waals surface area contributed by atoms with E-state index < -0.39 is 0 Å². The van der Waals surface area contributed by atoms with Gasteiger partial charge in [0, 0.05) is 0 Å². The van der Waals surface area contributed by atoms with Crippen LogP contribution in [0.4, 0.5) is 0 Å². The molecule has 0 bridgehead atoms. The van der Waals surface area contributed by atoms with Crippen molar-refractivity contribution in [2.24, 2.45) is 5.92 Å². The van der Waals surface area contributed by atoms with Crippen LogP contribution in [0, 0.1) is 5.92 Å². The van der Waals surface area contributed by atoms with Crippen LogP contribution in [0.5, 0.6) is 0 Å². The van der Waals surface area contributed by atoms with Crippen LogP contribution in [0.1, 0.15) is 18.7 Å². The SMILES string of the molecule is [B]=C(O)N1CCC(Cc2nc(-c3ccccc3)no2)CC1. The maximum absolute atomic E-state index is 9.26.